The fraction of sp³-hybridized carbons (Fsp3) is 0.0714. The predicted molar refractivity (Wildman–Crippen MR) is 82.8 cm³/mol. The Bertz CT molecular complexity index is 752. The van der Waals surface area contributed by atoms with Crippen molar-refractivity contribution in [1.29, 1.82) is 0 Å². The number of non-ortho nitro benzene ring substituents is 1. The van der Waals surface area contributed by atoms with Gasteiger partial charge in [-0.25, -0.2) is 0 Å². The van der Waals surface area contributed by atoms with Gasteiger partial charge < -0.3 is 10.6 Å². The van der Waals surface area contributed by atoms with Crippen LogP contribution in [0.15, 0.2) is 42.7 Å². The van der Waals surface area contributed by atoms with Crippen LogP contribution < -0.4 is 10.6 Å². The number of rotatable bonds is 4. The third-order valence-corrected chi connectivity index (χ3v) is 3.15. The monoisotopic (exact) mass is 334 g/mol. The van der Waals surface area contributed by atoms with E-state index in [1.165, 1.54) is 12.1 Å². The average Bonchev–Trinajstić information content (AvgIpc) is 2.55. The lowest BCUT2D eigenvalue weighted by Crippen LogP contribution is -2.35. The molecule has 2 N–H and O–H groups in total. The summed E-state index contributed by atoms with van der Waals surface area (Å²) in [5.74, 6) is -1.86. The van der Waals surface area contributed by atoms with Gasteiger partial charge in [0.05, 0.1) is 15.6 Å². The van der Waals surface area contributed by atoms with E-state index in [1.807, 2.05) is 0 Å². The Morgan fingerprint density at radius 3 is 2.52 bits per heavy atom. The van der Waals surface area contributed by atoms with E-state index in [0.717, 1.165) is 11.6 Å². The lowest BCUT2D eigenvalue weighted by molar-refractivity contribution is -0.384. The molecule has 0 atom stereocenters. The summed E-state index contributed by atoms with van der Waals surface area (Å²) in [6, 6.07) is 6.92. The Hall–Kier alpha value is -3.00. The number of nitro benzene ring substituents is 1. The molecule has 23 heavy (non-hydrogen) atoms. The highest BCUT2D eigenvalue weighted by Gasteiger charge is 2.17. The molecule has 0 fully saturated rings. The number of nitrogens with zero attached hydrogens (tertiary/aromatic N) is 2. The van der Waals surface area contributed by atoms with E-state index in [9.17, 15) is 19.7 Å². The van der Waals surface area contributed by atoms with Gasteiger partial charge in [0.1, 0.15) is 0 Å². The Morgan fingerprint density at radius 1 is 1.17 bits per heavy atom. The van der Waals surface area contributed by atoms with Crippen LogP contribution in [0.5, 0.6) is 0 Å². The number of aromatic nitrogens is 1. The van der Waals surface area contributed by atoms with Crippen molar-refractivity contribution in [1.82, 2.24) is 10.3 Å². The largest absolute Gasteiger partial charge is 0.344 e. The van der Waals surface area contributed by atoms with Crippen molar-refractivity contribution in [2.24, 2.45) is 0 Å². The highest BCUT2D eigenvalue weighted by Crippen LogP contribution is 2.26. The maximum absolute atomic E-state index is 11.8. The van der Waals surface area contributed by atoms with Gasteiger partial charge in [-0.15, -0.1) is 0 Å². The molecule has 0 unspecified atom stereocenters. The first kappa shape index (κ1) is 16.4. The molecule has 1 heterocycles. The number of anilines is 1. The summed E-state index contributed by atoms with van der Waals surface area (Å²) in [5, 5.41) is 15.5. The molecule has 118 valence electrons. The van der Waals surface area contributed by atoms with Crippen molar-refractivity contribution in [2.75, 3.05) is 5.32 Å². The van der Waals surface area contributed by atoms with Crippen LogP contribution in [-0.2, 0) is 16.1 Å². The van der Waals surface area contributed by atoms with Gasteiger partial charge in [-0.3, -0.25) is 24.7 Å². The van der Waals surface area contributed by atoms with Crippen LogP contribution >= 0.6 is 11.6 Å². The molecule has 0 spiro atoms. The molecule has 0 bridgehead atoms. The summed E-state index contributed by atoms with van der Waals surface area (Å²) < 4.78 is 0. The molecular weight excluding hydrogens is 324 g/mol. The predicted octanol–water partition coefficient (Wildman–Crippen LogP) is 1.90. The molecule has 0 aliphatic heterocycles. The number of hydrogen-bond acceptors (Lipinski definition) is 5. The first-order valence-electron chi connectivity index (χ1n) is 6.39. The standard InChI is InChI=1S/C14H11ClN4O4/c15-11-2-1-10(19(22)23)7-12(11)18-14(21)13(20)17-8-9-3-5-16-6-4-9/h1-7H,8H2,(H,17,20)(H,18,21). The molecule has 0 aliphatic rings. The van der Waals surface area contributed by atoms with E-state index in [1.54, 1.807) is 24.5 Å². The van der Waals surface area contributed by atoms with Gasteiger partial charge in [0.15, 0.2) is 0 Å². The van der Waals surface area contributed by atoms with Gasteiger partial charge in [-0.1, -0.05) is 11.6 Å². The number of carbonyl (C=O) groups is 2. The number of nitrogens with one attached hydrogen (secondary N) is 2. The van der Waals surface area contributed by atoms with Crippen molar-refractivity contribution in [2.45, 2.75) is 6.54 Å². The van der Waals surface area contributed by atoms with Crippen LogP contribution in [0.4, 0.5) is 11.4 Å². The Balaban J connectivity index is 1.99. The van der Waals surface area contributed by atoms with Crippen molar-refractivity contribution in [3.63, 3.8) is 0 Å². The second-order valence-corrected chi connectivity index (χ2v) is 4.82. The third-order valence-electron chi connectivity index (χ3n) is 2.82. The van der Waals surface area contributed by atoms with E-state index < -0.39 is 16.7 Å². The number of hydrogen-bond donors (Lipinski definition) is 2. The summed E-state index contributed by atoms with van der Waals surface area (Å²) in [7, 11) is 0. The molecule has 0 aliphatic carbocycles. The number of carbonyl (C=O) groups excluding carboxylic acids is 2. The van der Waals surface area contributed by atoms with Crippen LogP contribution in [0.1, 0.15) is 5.56 Å². The summed E-state index contributed by atoms with van der Waals surface area (Å²) >= 11 is 5.85. The number of halogens is 1. The van der Waals surface area contributed by atoms with Gasteiger partial charge in [0.25, 0.3) is 5.69 Å². The van der Waals surface area contributed by atoms with Crippen molar-refractivity contribution >= 4 is 34.8 Å². The molecule has 2 rings (SSSR count). The quantitative estimate of drug-likeness (QED) is 0.503. The molecule has 0 saturated heterocycles. The molecule has 2 aromatic rings. The topological polar surface area (TPSA) is 114 Å². The fourth-order valence-electron chi connectivity index (χ4n) is 1.66. The van der Waals surface area contributed by atoms with E-state index in [0.29, 0.717) is 0 Å². The fourth-order valence-corrected chi connectivity index (χ4v) is 1.83. The van der Waals surface area contributed by atoms with Crippen LogP contribution in [-0.4, -0.2) is 21.7 Å². The third kappa shape index (κ3) is 4.48. The van der Waals surface area contributed by atoms with Gasteiger partial charge >= 0.3 is 11.8 Å². The highest BCUT2D eigenvalue weighted by atomic mass is 35.5. The van der Waals surface area contributed by atoms with Gasteiger partial charge in [0.2, 0.25) is 0 Å². The van der Waals surface area contributed by atoms with Crippen LogP contribution in [0, 0.1) is 10.1 Å². The average molecular weight is 335 g/mol. The number of benzene rings is 1. The van der Waals surface area contributed by atoms with E-state index >= 15 is 0 Å². The normalized spacial score (nSPS) is 9.96. The molecule has 0 radical (unpaired) electrons. The first-order valence-corrected chi connectivity index (χ1v) is 6.77. The van der Waals surface area contributed by atoms with Gasteiger partial charge in [-0.2, -0.15) is 0 Å². The van der Waals surface area contributed by atoms with Crippen LogP contribution in [0.25, 0.3) is 0 Å². The van der Waals surface area contributed by atoms with E-state index in [-0.39, 0.29) is 22.9 Å². The van der Waals surface area contributed by atoms with Crippen molar-refractivity contribution in [3.05, 3.63) is 63.4 Å². The maximum atomic E-state index is 11.8. The van der Waals surface area contributed by atoms with E-state index in [4.69, 9.17) is 11.6 Å². The SMILES string of the molecule is O=C(NCc1ccncc1)C(=O)Nc1cc([N+](=O)[O-])ccc1Cl. The maximum Gasteiger partial charge on any atom is 0.313 e. The van der Waals surface area contributed by atoms with Crippen molar-refractivity contribution < 1.29 is 14.5 Å². The Kier molecular flexibility index (Phi) is 5.21. The van der Waals surface area contributed by atoms with Crippen LogP contribution in [0.2, 0.25) is 5.02 Å². The molecule has 1 aromatic heterocycles. The molecule has 2 amide bonds. The first-order chi connectivity index (χ1) is 11.0. The molecule has 1 aromatic carbocycles. The lowest BCUT2D eigenvalue weighted by atomic mass is 10.2. The zero-order chi connectivity index (χ0) is 16.8. The lowest BCUT2D eigenvalue weighted by Gasteiger charge is -2.08. The summed E-state index contributed by atoms with van der Waals surface area (Å²) in [4.78, 5) is 37.5. The smallest absolute Gasteiger partial charge is 0.313 e. The molecule has 9 heteroatoms. The zero-order valence-corrected chi connectivity index (χ0v) is 12.4. The Labute approximate surface area is 135 Å². The van der Waals surface area contributed by atoms with Crippen LogP contribution in [0.3, 0.4) is 0 Å². The Morgan fingerprint density at radius 2 is 1.87 bits per heavy atom. The summed E-state index contributed by atoms with van der Waals surface area (Å²) in [5.41, 5.74) is 0.515. The highest BCUT2D eigenvalue weighted by molar-refractivity contribution is 6.41. The zero-order valence-electron chi connectivity index (χ0n) is 11.7. The van der Waals surface area contributed by atoms with Gasteiger partial charge in [0, 0.05) is 31.1 Å². The van der Waals surface area contributed by atoms with Gasteiger partial charge in [-0.05, 0) is 23.8 Å². The minimum atomic E-state index is -0.971. The number of nitro groups is 1. The molecule has 0 saturated carbocycles. The number of amides is 2. The summed E-state index contributed by atoms with van der Waals surface area (Å²) in [6.07, 6.45) is 3.12. The molecular formula is C14H11ClN4O4. The minimum absolute atomic E-state index is 0.00933. The molecule has 8 nitrogen and oxygen atoms in total. The summed E-state index contributed by atoms with van der Waals surface area (Å²) in [6.45, 7) is 0.150. The second-order valence-electron chi connectivity index (χ2n) is 4.41. The minimum Gasteiger partial charge on any atom is -0.344 e. The van der Waals surface area contributed by atoms with E-state index in [2.05, 4.69) is 15.6 Å². The second kappa shape index (κ2) is 7.32. The van der Waals surface area contributed by atoms with Crippen molar-refractivity contribution in [3.8, 4) is 0 Å². The number of pyridine rings is 1.